The summed E-state index contributed by atoms with van der Waals surface area (Å²) >= 11 is 0. The van der Waals surface area contributed by atoms with Gasteiger partial charge in [0.2, 0.25) is 5.91 Å². The van der Waals surface area contributed by atoms with E-state index in [-0.39, 0.29) is 24.1 Å². The molecule has 6 nitrogen and oxygen atoms in total. The summed E-state index contributed by atoms with van der Waals surface area (Å²) in [6.45, 7) is 7.16. The zero-order chi connectivity index (χ0) is 18.2. The van der Waals surface area contributed by atoms with Gasteiger partial charge in [-0.15, -0.1) is 0 Å². The number of nitrogens with zero attached hydrogens (tertiary/aromatic N) is 1. The zero-order valence-corrected chi connectivity index (χ0v) is 15.4. The Balaban J connectivity index is 1.92. The average Bonchev–Trinajstić information content (AvgIpc) is 2.62. The number of amides is 3. The second-order valence-electron chi connectivity index (χ2n) is 6.50. The lowest BCUT2D eigenvalue weighted by Crippen LogP contribution is -2.50. The number of anilines is 1. The van der Waals surface area contributed by atoms with Crippen LogP contribution in [0.2, 0.25) is 0 Å². The third kappa shape index (κ3) is 5.96. The maximum Gasteiger partial charge on any atom is 0.321 e. The van der Waals surface area contributed by atoms with Gasteiger partial charge in [-0.25, -0.2) is 4.79 Å². The van der Waals surface area contributed by atoms with Crippen molar-refractivity contribution in [1.29, 1.82) is 0 Å². The molecule has 1 fully saturated rings. The van der Waals surface area contributed by atoms with Gasteiger partial charge in [-0.3, -0.25) is 4.79 Å². The highest BCUT2D eigenvalue weighted by atomic mass is 16.5. The largest absolute Gasteiger partial charge is 0.491 e. The first-order valence-electron chi connectivity index (χ1n) is 9.13. The van der Waals surface area contributed by atoms with Gasteiger partial charge in [-0.2, -0.15) is 0 Å². The molecule has 0 saturated carbocycles. The molecule has 0 bridgehead atoms. The molecular formula is C19H29N3O3. The number of piperidine rings is 1. The summed E-state index contributed by atoms with van der Waals surface area (Å²) in [6.07, 6.45) is 3.32. The number of likely N-dealkylation sites (tertiary alicyclic amines) is 1. The van der Waals surface area contributed by atoms with Crippen LogP contribution in [0.15, 0.2) is 24.3 Å². The smallest absolute Gasteiger partial charge is 0.321 e. The number of hydrogen-bond donors (Lipinski definition) is 2. The van der Waals surface area contributed by atoms with Crippen molar-refractivity contribution < 1.29 is 14.3 Å². The quantitative estimate of drug-likeness (QED) is 0.829. The number of carbonyl (C=O) groups excluding carboxylic acids is 2. The molecule has 1 saturated heterocycles. The summed E-state index contributed by atoms with van der Waals surface area (Å²) in [5, 5.41) is 5.90. The van der Waals surface area contributed by atoms with E-state index in [1.54, 1.807) is 4.90 Å². The Morgan fingerprint density at radius 2 is 2.16 bits per heavy atom. The normalized spacial score (nSPS) is 18.4. The van der Waals surface area contributed by atoms with Gasteiger partial charge in [0, 0.05) is 37.3 Å². The monoisotopic (exact) mass is 347 g/mol. The lowest BCUT2D eigenvalue weighted by molar-refractivity contribution is -0.121. The Bertz CT molecular complexity index is 591. The molecule has 0 unspecified atom stereocenters. The lowest BCUT2D eigenvalue weighted by Gasteiger charge is -2.33. The van der Waals surface area contributed by atoms with E-state index in [0.29, 0.717) is 25.2 Å². The second kappa shape index (κ2) is 9.30. The first-order chi connectivity index (χ1) is 12.0. The van der Waals surface area contributed by atoms with Gasteiger partial charge < -0.3 is 20.3 Å². The summed E-state index contributed by atoms with van der Waals surface area (Å²) in [4.78, 5) is 25.8. The fourth-order valence-corrected chi connectivity index (χ4v) is 2.77. The van der Waals surface area contributed by atoms with Crippen LogP contribution in [0.4, 0.5) is 10.5 Å². The van der Waals surface area contributed by atoms with E-state index in [2.05, 4.69) is 17.6 Å². The Labute approximate surface area is 149 Å². The van der Waals surface area contributed by atoms with Crippen LogP contribution in [0.1, 0.15) is 46.5 Å². The molecule has 2 rings (SSSR count). The number of nitrogens with one attached hydrogen (secondary N) is 2. The Kier molecular flexibility index (Phi) is 7.10. The topological polar surface area (TPSA) is 70.7 Å². The van der Waals surface area contributed by atoms with Crippen molar-refractivity contribution in [3.63, 3.8) is 0 Å². The lowest BCUT2D eigenvalue weighted by atomic mass is 10.1. The molecule has 1 aliphatic rings. The molecule has 2 atom stereocenters. The molecule has 0 spiro atoms. The Morgan fingerprint density at radius 3 is 2.88 bits per heavy atom. The van der Waals surface area contributed by atoms with Crippen molar-refractivity contribution in [3.8, 4) is 5.75 Å². The van der Waals surface area contributed by atoms with E-state index in [4.69, 9.17) is 4.74 Å². The van der Waals surface area contributed by atoms with Crippen molar-refractivity contribution in [1.82, 2.24) is 10.2 Å². The van der Waals surface area contributed by atoms with Crippen LogP contribution in [0, 0.1) is 0 Å². The molecule has 1 aliphatic heterocycles. The number of hydrogen-bond acceptors (Lipinski definition) is 3. The molecule has 1 heterocycles. The van der Waals surface area contributed by atoms with E-state index in [1.807, 2.05) is 38.1 Å². The van der Waals surface area contributed by atoms with E-state index >= 15 is 0 Å². The third-order valence-electron chi connectivity index (χ3n) is 4.39. The highest BCUT2D eigenvalue weighted by Gasteiger charge is 2.24. The predicted molar refractivity (Wildman–Crippen MR) is 98.9 cm³/mol. The van der Waals surface area contributed by atoms with Crippen LogP contribution in [0.3, 0.4) is 0 Å². The minimum atomic E-state index is -0.142. The molecule has 0 aromatic heterocycles. The van der Waals surface area contributed by atoms with Crippen LogP contribution in [0.25, 0.3) is 0 Å². The number of carbonyl (C=O) groups is 2. The molecule has 0 radical (unpaired) electrons. The highest BCUT2D eigenvalue weighted by Crippen LogP contribution is 2.20. The minimum absolute atomic E-state index is 0.0298. The SMILES string of the molecule is CCC(=O)N[C@H]1CCCN(C(=O)Nc2cccc(O[C@H](C)CC)c2)C1. The number of ether oxygens (including phenoxy) is 1. The molecule has 138 valence electrons. The zero-order valence-electron chi connectivity index (χ0n) is 15.4. The van der Waals surface area contributed by atoms with Crippen LogP contribution < -0.4 is 15.4 Å². The van der Waals surface area contributed by atoms with Crippen LogP contribution in [-0.2, 0) is 4.79 Å². The predicted octanol–water partition coefficient (Wildman–Crippen LogP) is 3.39. The molecule has 25 heavy (non-hydrogen) atoms. The fraction of sp³-hybridized carbons (Fsp3) is 0.579. The van der Waals surface area contributed by atoms with Crippen molar-refractivity contribution >= 4 is 17.6 Å². The van der Waals surface area contributed by atoms with Gasteiger partial charge in [0.15, 0.2) is 0 Å². The van der Waals surface area contributed by atoms with Crippen molar-refractivity contribution in [2.24, 2.45) is 0 Å². The van der Waals surface area contributed by atoms with Gasteiger partial charge >= 0.3 is 6.03 Å². The Hall–Kier alpha value is -2.24. The fourth-order valence-electron chi connectivity index (χ4n) is 2.77. The first-order valence-corrected chi connectivity index (χ1v) is 9.13. The summed E-state index contributed by atoms with van der Waals surface area (Å²) in [7, 11) is 0. The molecule has 1 aromatic rings. The second-order valence-corrected chi connectivity index (χ2v) is 6.50. The molecule has 2 N–H and O–H groups in total. The van der Waals surface area contributed by atoms with Crippen molar-refractivity contribution in [2.75, 3.05) is 18.4 Å². The van der Waals surface area contributed by atoms with Gasteiger partial charge in [-0.05, 0) is 38.3 Å². The molecule has 1 aromatic carbocycles. The molecule has 0 aliphatic carbocycles. The first kappa shape index (κ1) is 19.1. The van der Waals surface area contributed by atoms with Crippen molar-refractivity contribution in [3.05, 3.63) is 24.3 Å². The number of urea groups is 1. The van der Waals surface area contributed by atoms with E-state index in [1.165, 1.54) is 0 Å². The van der Waals surface area contributed by atoms with E-state index in [0.717, 1.165) is 25.0 Å². The number of rotatable bonds is 6. The standard InChI is InChI=1S/C19H29N3O3/c1-4-14(3)25-17-10-6-8-15(12-17)21-19(24)22-11-7-9-16(13-22)20-18(23)5-2/h6,8,10,12,14,16H,4-5,7,9,11,13H2,1-3H3,(H,20,23)(H,21,24)/t14-,16+/m1/s1. The minimum Gasteiger partial charge on any atom is -0.491 e. The summed E-state index contributed by atoms with van der Waals surface area (Å²) in [5.41, 5.74) is 0.713. The van der Waals surface area contributed by atoms with Crippen LogP contribution >= 0.6 is 0 Å². The summed E-state index contributed by atoms with van der Waals surface area (Å²) in [6, 6.07) is 7.34. The molecular weight excluding hydrogens is 318 g/mol. The summed E-state index contributed by atoms with van der Waals surface area (Å²) in [5.74, 6) is 0.779. The average molecular weight is 347 g/mol. The maximum absolute atomic E-state index is 12.5. The molecule has 6 heteroatoms. The van der Waals surface area contributed by atoms with E-state index in [9.17, 15) is 9.59 Å². The molecule has 3 amide bonds. The van der Waals surface area contributed by atoms with Gasteiger partial charge in [0.1, 0.15) is 5.75 Å². The highest BCUT2D eigenvalue weighted by molar-refractivity contribution is 5.89. The van der Waals surface area contributed by atoms with Crippen LogP contribution in [0.5, 0.6) is 5.75 Å². The third-order valence-corrected chi connectivity index (χ3v) is 4.39. The summed E-state index contributed by atoms with van der Waals surface area (Å²) < 4.78 is 5.79. The van der Waals surface area contributed by atoms with E-state index < -0.39 is 0 Å². The Morgan fingerprint density at radius 1 is 1.36 bits per heavy atom. The van der Waals surface area contributed by atoms with Gasteiger partial charge in [-0.1, -0.05) is 19.9 Å². The number of benzene rings is 1. The van der Waals surface area contributed by atoms with Gasteiger partial charge in [0.25, 0.3) is 0 Å². The van der Waals surface area contributed by atoms with Crippen molar-refractivity contribution in [2.45, 2.75) is 58.6 Å². The van der Waals surface area contributed by atoms with Crippen LogP contribution in [-0.4, -0.2) is 42.1 Å². The maximum atomic E-state index is 12.5. The van der Waals surface area contributed by atoms with Gasteiger partial charge in [0.05, 0.1) is 6.10 Å².